The summed E-state index contributed by atoms with van der Waals surface area (Å²) >= 11 is 0. The fraction of sp³-hybridized carbons (Fsp3) is 0.429. The molecule has 0 bridgehead atoms. The third-order valence-corrected chi connectivity index (χ3v) is 3.34. The molecule has 0 aromatic heterocycles. The summed E-state index contributed by atoms with van der Waals surface area (Å²) in [5.74, 6) is 3.01. The zero-order chi connectivity index (χ0) is 10.0. The normalized spacial score (nSPS) is 19.1. The van der Waals surface area contributed by atoms with Crippen molar-refractivity contribution in [2.24, 2.45) is 0 Å². The largest absolute Gasteiger partial charge is 0.119 e. The van der Waals surface area contributed by atoms with Gasteiger partial charge in [-0.2, -0.15) is 0 Å². The van der Waals surface area contributed by atoms with Gasteiger partial charge in [0.25, 0.3) is 0 Å². The Morgan fingerprint density at radius 1 is 1.14 bits per heavy atom. The van der Waals surface area contributed by atoms with E-state index in [1.807, 2.05) is 0 Å². The second-order valence-corrected chi connectivity index (χ2v) is 4.30. The van der Waals surface area contributed by atoms with Gasteiger partial charge in [0.15, 0.2) is 0 Å². The van der Waals surface area contributed by atoms with Crippen LogP contribution in [0.1, 0.15) is 36.8 Å². The maximum atomic E-state index is 5.69. The predicted molar refractivity (Wildman–Crippen MR) is 60.2 cm³/mol. The molecule has 1 aromatic carbocycles. The molecular weight excluding hydrogens is 168 g/mol. The summed E-state index contributed by atoms with van der Waals surface area (Å²) in [7, 11) is 0. The van der Waals surface area contributed by atoms with E-state index in [2.05, 4.69) is 37.1 Å². The predicted octanol–water partition coefficient (Wildman–Crippen LogP) is 3.44. The van der Waals surface area contributed by atoms with E-state index >= 15 is 0 Å². The van der Waals surface area contributed by atoms with Crippen molar-refractivity contribution in [1.29, 1.82) is 0 Å². The van der Waals surface area contributed by atoms with E-state index in [9.17, 15) is 0 Å². The summed E-state index contributed by atoms with van der Waals surface area (Å²) in [5.41, 5.74) is 2.69. The van der Waals surface area contributed by atoms with Gasteiger partial charge in [0.2, 0.25) is 0 Å². The first kappa shape index (κ1) is 9.34. The van der Waals surface area contributed by atoms with Gasteiger partial charge in [-0.25, -0.2) is 0 Å². The molecule has 0 amide bonds. The summed E-state index contributed by atoms with van der Waals surface area (Å²) in [5, 5.41) is 0. The minimum Gasteiger partial charge on any atom is -0.119 e. The molecule has 0 heteroatoms. The topological polar surface area (TPSA) is 0 Å². The summed E-state index contributed by atoms with van der Waals surface area (Å²) in [6, 6.07) is 8.71. The van der Waals surface area contributed by atoms with Crippen molar-refractivity contribution in [3.8, 4) is 12.3 Å². The molecule has 1 aromatic rings. The SMILES string of the molecule is C#CC1(c2ccc(C)cc2)CCCC1. The molecule has 72 valence electrons. The van der Waals surface area contributed by atoms with Crippen molar-refractivity contribution in [2.45, 2.75) is 38.0 Å². The molecule has 2 rings (SSSR count). The Balaban J connectivity index is 2.37. The maximum absolute atomic E-state index is 5.69. The van der Waals surface area contributed by atoms with E-state index in [1.165, 1.54) is 24.0 Å². The minimum absolute atomic E-state index is 0.0493. The van der Waals surface area contributed by atoms with Gasteiger partial charge in [0.1, 0.15) is 0 Å². The van der Waals surface area contributed by atoms with Gasteiger partial charge in [0, 0.05) is 0 Å². The van der Waals surface area contributed by atoms with E-state index < -0.39 is 0 Å². The Morgan fingerprint density at radius 3 is 2.21 bits per heavy atom. The van der Waals surface area contributed by atoms with Crippen molar-refractivity contribution in [3.05, 3.63) is 35.4 Å². The maximum Gasteiger partial charge on any atom is 0.0560 e. The first-order valence-electron chi connectivity index (χ1n) is 5.32. The van der Waals surface area contributed by atoms with Gasteiger partial charge >= 0.3 is 0 Å². The van der Waals surface area contributed by atoms with Gasteiger partial charge in [-0.1, -0.05) is 48.6 Å². The molecule has 1 aliphatic rings. The lowest BCUT2D eigenvalue weighted by Crippen LogP contribution is -2.18. The second-order valence-electron chi connectivity index (χ2n) is 4.30. The zero-order valence-electron chi connectivity index (χ0n) is 8.72. The highest BCUT2D eigenvalue weighted by Crippen LogP contribution is 2.40. The summed E-state index contributed by atoms with van der Waals surface area (Å²) in [6.07, 6.45) is 10.6. The van der Waals surface area contributed by atoms with Crippen molar-refractivity contribution < 1.29 is 0 Å². The molecular formula is C14H16. The van der Waals surface area contributed by atoms with Crippen LogP contribution in [-0.2, 0) is 5.41 Å². The molecule has 0 N–H and O–H groups in total. The van der Waals surface area contributed by atoms with Crippen molar-refractivity contribution >= 4 is 0 Å². The quantitative estimate of drug-likeness (QED) is 0.586. The summed E-state index contributed by atoms with van der Waals surface area (Å²) in [4.78, 5) is 0. The Morgan fingerprint density at radius 2 is 1.71 bits per heavy atom. The van der Waals surface area contributed by atoms with Gasteiger partial charge in [0.05, 0.1) is 5.41 Å². The molecule has 0 atom stereocenters. The highest BCUT2D eigenvalue weighted by atomic mass is 14.3. The zero-order valence-corrected chi connectivity index (χ0v) is 8.72. The molecule has 1 fully saturated rings. The van der Waals surface area contributed by atoms with Crippen LogP contribution < -0.4 is 0 Å². The Bertz CT molecular complexity index is 345. The highest BCUT2D eigenvalue weighted by molar-refractivity contribution is 5.36. The van der Waals surface area contributed by atoms with Crippen LogP contribution in [0.25, 0.3) is 0 Å². The molecule has 0 radical (unpaired) electrons. The lowest BCUT2D eigenvalue weighted by atomic mass is 9.79. The number of terminal acetylenes is 1. The van der Waals surface area contributed by atoms with Crippen LogP contribution in [-0.4, -0.2) is 0 Å². The van der Waals surface area contributed by atoms with Crippen LogP contribution >= 0.6 is 0 Å². The average molecular weight is 184 g/mol. The average Bonchev–Trinajstić information content (AvgIpc) is 2.68. The van der Waals surface area contributed by atoms with E-state index in [0.717, 1.165) is 12.8 Å². The first-order chi connectivity index (χ1) is 6.77. The van der Waals surface area contributed by atoms with Gasteiger partial charge in [-0.3, -0.25) is 0 Å². The third kappa shape index (κ3) is 1.44. The number of aryl methyl sites for hydroxylation is 1. The lowest BCUT2D eigenvalue weighted by Gasteiger charge is -2.22. The van der Waals surface area contributed by atoms with Crippen molar-refractivity contribution in [2.75, 3.05) is 0 Å². The molecule has 14 heavy (non-hydrogen) atoms. The first-order valence-corrected chi connectivity index (χ1v) is 5.32. The van der Waals surface area contributed by atoms with Crippen LogP contribution in [0.15, 0.2) is 24.3 Å². The highest BCUT2D eigenvalue weighted by Gasteiger charge is 2.33. The smallest absolute Gasteiger partial charge is 0.0560 e. The lowest BCUT2D eigenvalue weighted by molar-refractivity contribution is 0.581. The summed E-state index contributed by atoms with van der Waals surface area (Å²) in [6.45, 7) is 2.11. The molecule has 0 nitrogen and oxygen atoms in total. The number of hydrogen-bond donors (Lipinski definition) is 0. The van der Waals surface area contributed by atoms with Gasteiger partial charge < -0.3 is 0 Å². The molecule has 0 aliphatic heterocycles. The monoisotopic (exact) mass is 184 g/mol. The third-order valence-electron chi connectivity index (χ3n) is 3.34. The summed E-state index contributed by atoms with van der Waals surface area (Å²) < 4.78 is 0. The van der Waals surface area contributed by atoms with E-state index in [-0.39, 0.29) is 5.41 Å². The Hall–Kier alpha value is -1.22. The standard InChI is InChI=1S/C14H16/c1-3-14(10-4-5-11-14)13-8-6-12(2)7-9-13/h1,6-9H,4-5,10-11H2,2H3. The van der Waals surface area contributed by atoms with Crippen LogP contribution in [0.5, 0.6) is 0 Å². The Labute approximate surface area is 86.3 Å². The van der Waals surface area contributed by atoms with Gasteiger partial charge in [-0.05, 0) is 25.3 Å². The fourth-order valence-electron chi connectivity index (χ4n) is 2.37. The van der Waals surface area contributed by atoms with E-state index in [4.69, 9.17) is 6.42 Å². The van der Waals surface area contributed by atoms with Crippen molar-refractivity contribution in [3.63, 3.8) is 0 Å². The minimum atomic E-state index is 0.0493. The number of hydrogen-bond acceptors (Lipinski definition) is 0. The number of benzene rings is 1. The molecule has 0 saturated heterocycles. The molecule has 0 spiro atoms. The second kappa shape index (κ2) is 3.50. The van der Waals surface area contributed by atoms with E-state index in [0.29, 0.717) is 0 Å². The van der Waals surface area contributed by atoms with Crippen LogP contribution in [0, 0.1) is 19.3 Å². The Kier molecular flexibility index (Phi) is 2.33. The number of rotatable bonds is 1. The molecule has 1 saturated carbocycles. The molecule has 1 aliphatic carbocycles. The van der Waals surface area contributed by atoms with Gasteiger partial charge in [-0.15, -0.1) is 6.42 Å². The van der Waals surface area contributed by atoms with Crippen LogP contribution in [0.4, 0.5) is 0 Å². The molecule has 0 unspecified atom stereocenters. The fourth-order valence-corrected chi connectivity index (χ4v) is 2.37. The van der Waals surface area contributed by atoms with Crippen LogP contribution in [0.2, 0.25) is 0 Å². The molecule has 0 heterocycles. The van der Waals surface area contributed by atoms with Crippen LogP contribution in [0.3, 0.4) is 0 Å². The van der Waals surface area contributed by atoms with E-state index in [1.54, 1.807) is 0 Å². The van der Waals surface area contributed by atoms with Crippen molar-refractivity contribution in [1.82, 2.24) is 0 Å².